The molecule has 0 unspecified atom stereocenters. The van der Waals surface area contributed by atoms with Gasteiger partial charge in [-0.2, -0.15) is 0 Å². The van der Waals surface area contributed by atoms with Crippen LogP contribution in [0.15, 0.2) is 0 Å². The molecule has 0 heterocycles. The van der Waals surface area contributed by atoms with Crippen molar-refractivity contribution in [3.05, 3.63) is 0 Å². The van der Waals surface area contributed by atoms with E-state index in [-0.39, 0.29) is 33.4 Å². The summed E-state index contributed by atoms with van der Waals surface area (Å²) >= 11 is 0. The van der Waals surface area contributed by atoms with Gasteiger partial charge < -0.3 is 18.4 Å². The van der Waals surface area contributed by atoms with Gasteiger partial charge in [0.1, 0.15) is 0 Å². The molecular formula is C46H98O5Si3. The molecule has 3 atom stereocenters. The Morgan fingerprint density at radius 3 is 1.13 bits per heavy atom. The lowest BCUT2D eigenvalue weighted by Crippen LogP contribution is -2.52. The normalized spacial score (nSPS) is 15.4. The number of rotatable bonds is 32. The first-order valence-electron chi connectivity index (χ1n) is 23.0. The molecule has 0 rings (SSSR count). The minimum Gasteiger partial charge on any atom is -0.481 e. The lowest BCUT2D eigenvalue weighted by molar-refractivity contribution is -0.137. The predicted octanol–water partition coefficient (Wildman–Crippen LogP) is 16.2. The standard InChI is InChI=1S/C46H98O5Si3/c1-17-18-19-20-21-27-30-33-36-41(50-53(13,14)45(5,6)7)42(51-54(15,16)46(8,9)10)39-38-40(49-52(11,12)44(2,3)4)35-32-29-26-24-22-23-25-28-31-34-37-43(47)48/h40-42H,17-39H2,1-16H3,(H,47,48)/t40-,41-,42-/m0/s1. The third-order valence-corrected chi connectivity index (χ3v) is 27.0. The maximum atomic E-state index is 10.7. The van der Waals surface area contributed by atoms with Gasteiger partial charge in [0.2, 0.25) is 0 Å². The van der Waals surface area contributed by atoms with E-state index in [0.717, 1.165) is 38.5 Å². The van der Waals surface area contributed by atoms with Crippen LogP contribution in [0.1, 0.15) is 217 Å². The summed E-state index contributed by atoms with van der Waals surface area (Å²) in [6, 6.07) is 0. The lowest BCUT2D eigenvalue weighted by atomic mass is 9.98. The highest BCUT2D eigenvalue weighted by molar-refractivity contribution is 6.75. The van der Waals surface area contributed by atoms with E-state index in [1.165, 1.54) is 103 Å². The van der Waals surface area contributed by atoms with Crippen molar-refractivity contribution >= 4 is 30.9 Å². The third kappa shape index (κ3) is 23.4. The highest BCUT2D eigenvalue weighted by Gasteiger charge is 2.45. The molecule has 0 fully saturated rings. The van der Waals surface area contributed by atoms with Crippen LogP contribution in [-0.2, 0) is 18.1 Å². The molecule has 5 nitrogen and oxygen atoms in total. The van der Waals surface area contributed by atoms with Crippen LogP contribution in [-0.4, -0.2) is 54.3 Å². The zero-order valence-electron chi connectivity index (χ0n) is 39.6. The quantitative estimate of drug-likeness (QED) is 0.0541. The van der Waals surface area contributed by atoms with E-state index in [9.17, 15) is 4.79 Å². The van der Waals surface area contributed by atoms with Gasteiger partial charge in [-0.3, -0.25) is 4.79 Å². The van der Waals surface area contributed by atoms with Crippen molar-refractivity contribution in [1.29, 1.82) is 0 Å². The average molecular weight is 816 g/mol. The number of hydrogen-bond acceptors (Lipinski definition) is 4. The Balaban J connectivity index is 5.90. The number of unbranched alkanes of at least 4 members (excludes halogenated alkanes) is 16. The van der Waals surface area contributed by atoms with Crippen molar-refractivity contribution in [2.24, 2.45) is 0 Å². The Morgan fingerprint density at radius 1 is 0.444 bits per heavy atom. The molecule has 324 valence electrons. The van der Waals surface area contributed by atoms with E-state index in [4.69, 9.17) is 18.4 Å². The summed E-state index contributed by atoms with van der Waals surface area (Å²) in [5, 5.41) is 9.32. The van der Waals surface area contributed by atoms with Gasteiger partial charge in [-0.25, -0.2) is 0 Å². The summed E-state index contributed by atoms with van der Waals surface area (Å²) in [5.74, 6) is -0.666. The topological polar surface area (TPSA) is 65.0 Å². The fourth-order valence-corrected chi connectivity index (χ4v) is 10.7. The Labute approximate surface area is 342 Å². The Hall–Kier alpha value is 0.000649. The smallest absolute Gasteiger partial charge is 0.303 e. The molecule has 54 heavy (non-hydrogen) atoms. The molecule has 0 aromatic carbocycles. The Bertz CT molecular complexity index is 961. The highest BCUT2D eigenvalue weighted by Crippen LogP contribution is 2.43. The van der Waals surface area contributed by atoms with Gasteiger partial charge >= 0.3 is 5.97 Å². The van der Waals surface area contributed by atoms with Crippen molar-refractivity contribution in [1.82, 2.24) is 0 Å². The molecule has 8 heteroatoms. The summed E-state index contributed by atoms with van der Waals surface area (Å²) in [5.41, 5.74) is 0. The van der Waals surface area contributed by atoms with Gasteiger partial charge in [-0.05, 0) is 86.5 Å². The molecule has 0 aromatic rings. The maximum Gasteiger partial charge on any atom is 0.303 e. The first-order valence-corrected chi connectivity index (χ1v) is 31.7. The highest BCUT2D eigenvalue weighted by atomic mass is 28.4. The molecule has 0 amide bonds. The SMILES string of the molecule is CCCCCCCCCC[C@H](O[Si](C)(C)C(C)(C)C)[C@H](CC[C@H](CCCCCCCCCCCCC(=O)O)O[Si](C)(C)C(C)(C)C)O[Si](C)(C)C(C)(C)C. The van der Waals surface area contributed by atoms with Crippen molar-refractivity contribution in [2.75, 3.05) is 0 Å². The van der Waals surface area contributed by atoms with Crippen LogP contribution < -0.4 is 0 Å². The molecule has 0 saturated heterocycles. The Morgan fingerprint density at radius 2 is 0.759 bits per heavy atom. The first-order chi connectivity index (χ1) is 24.8. The van der Waals surface area contributed by atoms with Crippen molar-refractivity contribution in [3.63, 3.8) is 0 Å². The molecule has 0 aliphatic rings. The van der Waals surface area contributed by atoms with Crippen molar-refractivity contribution in [2.45, 2.75) is 290 Å². The van der Waals surface area contributed by atoms with E-state index >= 15 is 0 Å². The van der Waals surface area contributed by atoms with E-state index < -0.39 is 30.9 Å². The van der Waals surface area contributed by atoms with Crippen LogP contribution in [0.5, 0.6) is 0 Å². The Kier molecular flexibility index (Phi) is 26.2. The monoisotopic (exact) mass is 815 g/mol. The molecule has 0 spiro atoms. The molecule has 0 aromatic heterocycles. The number of carbonyl (C=O) groups is 1. The van der Waals surface area contributed by atoms with E-state index in [1.54, 1.807) is 0 Å². The number of carboxylic acid groups (broad SMARTS) is 1. The van der Waals surface area contributed by atoms with Crippen LogP contribution in [0.25, 0.3) is 0 Å². The number of aliphatic carboxylic acids is 1. The van der Waals surface area contributed by atoms with Gasteiger partial charge in [0, 0.05) is 12.5 Å². The fraction of sp³-hybridized carbons (Fsp3) is 0.978. The van der Waals surface area contributed by atoms with Crippen LogP contribution in [0.3, 0.4) is 0 Å². The van der Waals surface area contributed by atoms with Gasteiger partial charge in [0.05, 0.1) is 12.2 Å². The predicted molar refractivity (Wildman–Crippen MR) is 246 cm³/mol. The van der Waals surface area contributed by atoms with Crippen LogP contribution >= 0.6 is 0 Å². The van der Waals surface area contributed by atoms with E-state index in [2.05, 4.69) is 109 Å². The average Bonchev–Trinajstić information content (AvgIpc) is 3.02. The molecule has 0 aliphatic carbocycles. The van der Waals surface area contributed by atoms with E-state index in [0.29, 0.717) is 6.42 Å². The summed E-state index contributed by atoms with van der Waals surface area (Å²) in [4.78, 5) is 10.7. The van der Waals surface area contributed by atoms with Crippen LogP contribution in [0.4, 0.5) is 0 Å². The van der Waals surface area contributed by atoms with Gasteiger partial charge in [0.25, 0.3) is 0 Å². The number of hydrogen-bond donors (Lipinski definition) is 1. The second-order valence-corrected chi connectivity index (χ2v) is 35.9. The van der Waals surface area contributed by atoms with Crippen LogP contribution in [0.2, 0.25) is 54.4 Å². The van der Waals surface area contributed by atoms with Gasteiger partial charge in [-0.15, -0.1) is 0 Å². The maximum absolute atomic E-state index is 10.7. The molecular weight excluding hydrogens is 717 g/mol. The largest absolute Gasteiger partial charge is 0.481 e. The molecule has 0 aliphatic heterocycles. The van der Waals surface area contributed by atoms with E-state index in [1.807, 2.05) is 0 Å². The van der Waals surface area contributed by atoms with Gasteiger partial charge in [0.15, 0.2) is 25.0 Å². The molecule has 0 bridgehead atoms. The lowest BCUT2D eigenvalue weighted by Gasteiger charge is -2.46. The minimum atomic E-state index is -2.06. The van der Waals surface area contributed by atoms with Crippen molar-refractivity contribution in [3.8, 4) is 0 Å². The molecule has 0 radical (unpaired) electrons. The summed E-state index contributed by atoms with van der Waals surface area (Å²) < 4.78 is 22.2. The third-order valence-electron chi connectivity index (χ3n) is 13.5. The second-order valence-electron chi connectivity index (χ2n) is 21.6. The molecule has 1 N–H and O–H groups in total. The summed E-state index contributed by atoms with van der Waals surface area (Å²) in [6.45, 7) is 38.3. The zero-order chi connectivity index (χ0) is 41.7. The summed E-state index contributed by atoms with van der Waals surface area (Å²) in [7, 11) is -6.03. The van der Waals surface area contributed by atoms with Crippen LogP contribution in [0, 0.1) is 0 Å². The zero-order valence-corrected chi connectivity index (χ0v) is 42.6. The minimum absolute atomic E-state index is 0.0965. The number of carboxylic acids is 1. The fourth-order valence-electron chi connectivity index (χ4n) is 6.50. The van der Waals surface area contributed by atoms with Gasteiger partial charge in [-0.1, -0.05) is 178 Å². The van der Waals surface area contributed by atoms with Crippen molar-refractivity contribution < 1.29 is 23.2 Å². The molecule has 0 saturated carbocycles. The second kappa shape index (κ2) is 26.2. The summed E-state index contributed by atoms with van der Waals surface area (Å²) in [6.07, 6.45) is 27.7. The first kappa shape index (κ1) is 54.0.